The summed E-state index contributed by atoms with van der Waals surface area (Å²) in [5.41, 5.74) is 5.69. The summed E-state index contributed by atoms with van der Waals surface area (Å²) < 4.78 is 5.80. The number of carboxylic acid groups (broad SMARTS) is 1. The fraction of sp³-hybridized carbons (Fsp3) is 0.125. The largest absolute Gasteiger partial charge is 0.478 e. The van der Waals surface area contributed by atoms with Crippen LogP contribution >= 0.6 is 11.6 Å². The van der Waals surface area contributed by atoms with E-state index in [1.54, 1.807) is 62.4 Å². The van der Waals surface area contributed by atoms with Crippen molar-refractivity contribution in [1.82, 2.24) is 5.43 Å². The minimum atomic E-state index is -1.23. The first-order chi connectivity index (χ1) is 15.2. The molecule has 3 aromatic carbocycles. The highest BCUT2D eigenvalue weighted by Crippen LogP contribution is 2.21. The number of carbonyl (C=O) groups excluding carboxylic acids is 2. The van der Waals surface area contributed by atoms with Crippen LogP contribution in [0.4, 0.5) is 5.69 Å². The molecule has 3 aromatic rings. The van der Waals surface area contributed by atoms with Crippen molar-refractivity contribution in [1.29, 1.82) is 0 Å². The molecule has 7 nitrogen and oxygen atoms in total. The smallest absolute Gasteiger partial charge is 0.335 e. The van der Waals surface area contributed by atoms with Crippen LogP contribution < -0.4 is 15.6 Å². The van der Waals surface area contributed by atoms with Gasteiger partial charge in [-0.2, -0.15) is 0 Å². The molecule has 0 aromatic heterocycles. The van der Waals surface area contributed by atoms with Crippen LogP contribution in [-0.2, 0) is 4.79 Å². The Hall–Kier alpha value is -3.84. The number of halogens is 1. The van der Waals surface area contributed by atoms with Crippen LogP contribution in [0.15, 0.2) is 72.8 Å². The van der Waals surface area contributed by atoms with Crippen LogP contribution in [0.25, 0.3) is 0 Å². The van der Waals surface area contributed by atoms with E-state index in [-0.39, 0.29) is 11.3 Å². The maximum absolute atomic E-state index is 12.6. The molecule has 0 atom stereocenters. The first-order valence-corrected chi connectivity index (χ1v) is 10.0. The van der Waals surface area contributed by atoms with E-state index in [1.807, 2.05) is 0 Å². The minimum Gasteiger partial charge on any atom is -0.478 e. The van der Waals surface area contributed by atoms with Crippen LogP contribution in [0.3, 0.4) is 0 Å². The third kappa shape index (κ3) is 5.65. The van der Waals surface area contributed by atoms with Crippen molar-refractivity contribution in [3.63, 3.8) is 0 Å². The predicted molar refractivity (Wildman–Crippen MR) is 121 cm³/mol. The molecule has 3 rings (SSSR count). The number of benzene rings is 3. The molecule has 0 radical (unpaired) electrons. The van der Waals surface area contributed by atoms with Gasteiger partial charge >= 0.3 is 5.97 Å². The summed E-state index contributed by atoms with van der Waals surface area (Å²) in [7, 11) is 0. The van der Waals surface area contributed by atoms with Crippen LogP contribution in [0.1, 0.15) is 40.1 Å². The molecule has 164 valence electrons. The van der Waals surface area contributed by atoms with Gasteiger partial charge in [0, 0.05) is 16.1 Å². The summed E-state index contributed by atoms with van der Waals surface area (Å²) in [6, 6.07) is 19.0. The molecule has 0 aliphatic rings. The molecule has 1 amide bonds. The monoisotopic (exact) mass is 452 g/mol. The summed E-state index contributed by atoms with van der Waals surface area (Å²) in [4.78, 5) is 36.0. The summed E-state index contributed by atoms with van der Waals surface area (Å²) in [5, 5.41) is 9.48. The van der Waals surface area contributed by atoms with Crippen LogP contribution in [-0.4, -0.2) is 28.4 Å². The number of amides is 1. The summed E-state index contributed by atoms with van der Waals surface area (Å²) in [6.07, 6.45) is 0. The third-order valence-corrected chi connectivity index (χ3v) is 4.85. The molecule has 8 heteroatoms. The molecule has 3 N–H and O–H groups in total. The fourth-order valence-corrected chi connectivity index (χ4v) is 2.88. The number of rotatable bonds is 8. The van der Waals surface area contributed by atoms with Gasteiger partial charge < -0.3 is 9.84 Å². The highest BCUT2D eigenvalue weighted by atomic mass is 35.5. The minimum absolute atomic E-state index is 0.142. The van der Waals surface area contributed by atoms with Crippen molar-refractivity contribution >= 4 is 34.9 Å². The first-order valence-electron chi connectivity index (χ1n) is 9.65. The maximum Gasteiger partial charge on any atom is 0.335 e. The van der Waals surface area contributed by atoms with Crippen molar-refractivity contribution in [3.05, 3.63) is 94.5 Å². The Balaban J connectivity index is 1.60. The van der Waals surface area contributed by atoms with Crippen molar-refractivity contribution in [2.45, 2.75) is 19.4 Å². The van der Waals surface area contributed by atoms with E-state index in [4.69, 9.17) is 21.4 Å². The highest BCUT2D eigenvalue weighted by molar-refractivity contribution is 6.30. The number of aromatic carboxylic acids is 1. The molecule has 32 heavy (non-hydrogen) atoms. The average molecular weight is 453 g/mol. The number of hydrazine groups is 1. The number of hydrogen-bond donors (Lipinski definition) is 3. The van der Waals surface area contributed by atoms with Gasteiger partial charge in [0.15, 0.2) is 11.4 Å². The number of hydrogen-bond acceptors (Lipinski definition) is 5. The van der Waals surface area contributed by atoms with E-state index >= 15 is 0 Å². The van der Waals surface area contributed by atoms with Crippen LogP contribution in [0, 0.1) is 0 Å². The Bertz CT molecular complexity index is 1120. The lowest BCUT2D eigenvalue weighted by molar-refractivity contribution is -0.133. The second-order valence-corrected chi connectivity index (χ2v) is 7.87. The van der Waals surface area contributed by atoms with Gasteiger partial charge in [0.1, 0.15) is 5.75 Å². The zero-order valence-electron chi connectivity index (χ0n) is 17.4. The average Bonchev–Trinajstić information content (AvgIpc) is 2.78. The second-order valence-electron chi connectivity index (χ2n) is 7.43. The van der Waals surface area contributed by atoms with E-state index in [1.165, 1.54) is 24.3 Å². The lowest BCUT2D eigenvalue weighted by Gasteiger charge is -2.25. The fourth-order valence-electron chi connectivity index (χ4n) is 2.76. The van der Waals surface area contributed by atoms with Crippen molar-refractivity contribution in [2.24, 2.45) is 0 Å². The predicted octanol–water partition coefficient (Wildman–Crippen LogP) is 4.57. The Morgan fingerprint density at radius 1 is 0.812 bits per heavy atom. The van der Waals surface area contributed by atoms with Gasteiger partial charge in [0.2, 0.25) is 0 Å². The lowest BCUT2D eigenvalue weighted by Crippen LogP contribution is -2.48. The van der Waals surface area contributed by atoms with Gasteiger partial charge in [-0.05, 0) is 86.6 Å². The third-order valence-electron chi connectivity index (χ3n) is 4.59. The van der Waals surface area contributed by atoms with Crippen LogP contribution in [0.2, 0.25) is 5.02 Å². The number of anilines is 1. The number of carbonyl (C=O) groups is 3. The molecule has 0 heterocycles. The number of carboxylic acids is 1. The molecule has 0 bridgehead atoms. The highest BCUT2D eigenvalue weighted by Gasteiger charge is 2.30. The molecule has 0 aliphatic carbocycles. The summed E-state index contributed by atoms with van der Waals surface area (Å²) in [6.45, 7) is 3.20. The van der Waals surface area contributed by atoms with E-state index in [2.05, 4.69) is 10.9 Å². The first kappa shape index (κ1) is 22.8. The van der Waals surface area contributed by atoms with Crippen molar-refractivity contribution in [3.8, 4) is 5.75 Å². The molecular weight excluding hydrogens is 432 g/mol. The normalized spacial score (nSPS) is 10.8. The molecule has 0 aliphatic heterocycles. The topological polar surface area (TPSA) is 105 Å². The maximum atomic E-state index is 12.6. The summed E-state index contributed by atoms with van der Waals surface area (Å²) >= 11 is 5.86. The Kier molecular flexibility index (Phi) is 6.80. The quantitative estimate of drug-likeness (QED) is 0.341. The zero-order chi connectivity index (χ0) is 23.3. The van der Waals surface area contributed by atoms with Crippen molar-refractivity contribution in [2.75, 3.05) is 5.43 Å². The summed E-state index contributed by atoms with van der Waals surface area (Å²) in [5.74, 6) is -1.20. The van der Waals surface area contributed by atoms with Gasteiger partial charge in [-0.1, -0.05) is 11.6 Å². The molecule has 0 saturated heterocycles. The van der Waals surface area contributed by atoms with Gasteiger partial charge in [-0.3, -0.25) is 20.4 Å². The molecule has 0 spiro atoms. The van der Waals surface area contributed by atoms with Gasteiger partial charge in [0.25, 0.3) is 5.91 Å². The number of ketones is 1. The molecule has 0 saturated carbocycles. The zero-order valence-corrected chi connectivity index (χ0v) is 18.1. The van der Waals surface area contributed by atoms with E-state index < -0.39 is 17.5 Å². The SMILES string of the molecule is CC(C)(Oc1ccc(C(=O)c2ccc(Cl)cc2)cc1)C(=O)NNc1ccc(C(=O)O)cc1. The second kappa shape index (κ2) is 9.53. The Morgan fingerprint density at radius 2 is 1.31 bits per heavy atom. The number of nitrogens with one attached hydrogen (secondary N) is 2. The lowest BCUT2D eigenvalue weighted by atomic mass is 10.0. The molecule has 0 fully saturated rings. The van der Waals surface area contributed by atoms with E-state index in [0.29, 0.717) is 27.6 Å². The molecule has 0 unspecified atom stereocenters. The van der Waals surface area contributed by atoms with Gasteiger partial charge in [-0.15, -0.1) is 0 Å². The Morgan fingerprint density at radius 3 is 1.84 bits per heavy atom. The number of ether oxygens (including phenoxy) is 1. The van der Waals surface area contributed by atoms with Gasteiger partial charge in [0.05, 0.1) is 11.3 Å². The van der Waals surface area contributed by atoms with E-state index in [9.17, 15) is 14.4 Å². The van der Waals surface area contributed by atoms with Crippen molar-refractivity contribution < 1.29 is 24.2 Å². The van der Waals surface area contributed by atoms with Gasteiger partial charge in [-0.25, -0.2) is 4.79 Å². The molecular formula is C24H21ClN2O5. The van der Waals surface area contributed by atoms with Crippen LogP contribution in [0.5, 0.6) is 5.75 Å². The standard InChI is InChI=1S/C24H21ClN2O5/c1-24(2,23(31)27-26-19-11-5-17(6-12-19)22(29)30)32-20-13-7-16(8-14-20)21(28)15-3-9-18(25)10-4-15/h3-14,26H,1-2H3,(H,27,31)(H,29,30). The Labute approximate surface area is 190 Å². The van der Waals surface area contributed by atoms with E-state index in [0.717, 1.165) is 0 Å².